The lowest BCUT2D eigenvalue weighted by Crippen LogP contribution is -2.42. The minimum atomic E-state index is -1.12. The van der Waals surface area contributed by atoms with Crippen LogP contribution in [0.4, 0.5) is 0 Å². The Morgan fingerprint density at radius 1 is 1.17 bits per heavy atom. The van der Waals surface area contributed by atoms with Gasteiger partial charge in [0.05, 0.1) is 12.0 Å². The molecule has 3 rings (SSSR count). The van der Waals surface area contributed by atoms with Gasteiger partial charge in [-0.1, -0.05) is 98.7 Å². The molecular weight excluding hydrogens is 454 g/mol. The van der Waals surface area contributed by atoms with Crippen molar-refractivity contribution in [2.45, 2.75) is 46.3 Å². The Kier molecular flexibility index (Phi) is 9.45. The average Bonchev–Trinajstić information content (AvgIpc) is 2.87. The number of rotatable bonds is 11. The summed E-state index contributed by atoms with van der Waals surface area (Å²) in [4.78, 5) is 29.9. The van der Waals surface area contributed by atoms with Crippen LogP contribution in [0.25, 0.3) is 10.4 Å². The topological polar surface area (TPSA) is 112 Å². The van der Waals surface area contributed by atoms with E-state index in [2.05, 4.69) is 10.0 Å². The largest absolute Gasteiger partial charge is 0.461 e. The van der Waals surface area contributed by atoms with Crippen LogP contribution in [0.15, 0.2) is 77.9 Å². The standard InChI is InChI=1S/C29H35N3O4/c1-20-11-10-16-29(3,19-31-32-30)26(20)24(33)17-21(2)25(27(34)23-14-8-5-9-15-23)28(35)36-18-22-12-6-4-7-13-22/h4-15,20-21,25-27,34H,16-19H2,1-3H3. The van der Waals surface area contributed by atoms with Crippen molar-refractivity contribution in [3.63, 3.8) is 0 Å². The van der Waals surface area contributed by atoms with Crippen LogP contribution in [-0.2, 0) is 20.9 Å². The first-order valence-electron chi connectivity index (χ1n) is 12.4. The summed E-state index contributed by atoms with van der Waals surface area (Å²) in [5.74, 6) is -2.32. The summed E-state index contributed by atoms with van der Waals surface area (Å²) in [6.45, 7) is 6.08. The summed E-state index contributed by atoms with van der Waals surface area (Å²) < 4.78 is 5.62. The predicted octanol–water partition coefficient (Wildman–Crippen LogP) is 6.20. The summed E-state index contributed by atoms with van der Waals surface area (Å²) >= 11 is 0. The molecule has 0 heterocycles. The molecule has 0 amide bonds. The first kappa shape index (κ1) is 27.2. The van der Waals surface area contributed by atoms with Crippen molar-refractivity contribution < 1.29 is 19.4 Å². The van der Waals surface area contributed by atoms with E-state index in [4.69, 9.17) is 10.3 Å². The lowest BCUT2D eigenvalue weighted by atomic mass is 9.63. The Hall–Kier alpha value is -3.41. The summed E-state index contributed by atoms with van der Waals surface area (Å²) in [6.07, 6.45) is 3.68. The number of hydrogen-bond donors (Lipinski definition) is 1. The molecule has 0 aliphatic heterocycles. The smallest absolute Gasteiger partial charge is 0.312 e. The predicted molar refractivity (Wildman–Crippen MR) is 138 cm³/mol. The molecule has 1 aliphatic rings. The number of esters is 1. The zero-order valence-corrected chi connectivity index (χ0v) is 21.2. The van der Waals surface area contributed by atoms with E-state index in [0.29, 0.717) is 12.0 Å². The molecule has 6 unspecified atom stereocenters. The molecule has 1 N–H and O–H groups in total. The molecule has 2 aromatic carbocycles. The van der Waals surface area contributed by atoms with Gasteiger partial charge in [0.2, 0.25) is 0 Å². The van der Waals surface area contributed by atoms with E-state index in [1.807, 2.05) is 69.3 Å². The number of allylic oxidation sites excluding steroid dienone is 2. The van der Waals surface area contributed by atoms with E-state index >= 15 is 0 Å². The van der Waals surface area contributed by atoms with Gasteiger partial charge < -0.3 is 9.84 Å². The number of benzene rings is 2. The number of aliphatic hydroxyl groups excluding tert-OH is 1. The van der Waals surface area contributed by atoms with Crippen LogP contribution in [0.3, 0.4) is 0 Å². The Bertz CT molecular complexity index is 1100. The number of ketones is 1. The van der Waals surface area contributed by atoms with Gasteiger partial charge in [0, 0.05) is 23.8 Å². The highest BCUT2D eigenvalue weighted by Crippen LogP contribution is 2.43. The molecule has 0 bridgehead atoms. The molecule has 6 atom stereocenters. The van der Waals surface area contributed by atoms with Gasteiger partial charge in [-0.05, 0) is 40.3 Å². The number of ether oxygens (including phenoxy) is 1. The highest BCUT2D eigenvalue weighted by Gasteiger charge is 2.44. The quantitative estimate of drug-likeness (QED) is 0.133. The zero-order valence-electron chi connectivity index (χ0n) is 21.2. The molecule has 7 nitrogen and oxygen atoms in total. The first-order chi connectivity index (χ1) is 17.3. The maximum Gasteiger partial charge on any atom is 0.312 e. The van der Waals surface area contributed by atoms with E-state index < -0.39 is 29.3 Å². The average molecular weight is 490 g/mol. The van der Waals surface area contributed by atoms with Crippen molar-refractivity contribution >= 4 is 11.8 Å². The highest BCUT2D eigenvalue weighted by atomic mass is 16.5. The number of aliphatic hydroxyl groups is 1. The van der Waals surface area contributed by atoms with Crippen molar-refractivity contribution in [2.75, 3.05) is 6.54 Å². The number of carbonyl (C=O) groups excluding carboxylic acids is 2. The third kappa shape index (κ3) is 6.62. The highest BCUT2D eigenvalue weighted by molar-refractivity contribution is 5.84. The fourth-order valence-corrected chi connectivity index (χ4v) is 5.39. The lowest BCUT2D eigenvalue weighted by Gasteiger charge is -2.41. The maximum atomic E-state index is 13.7. The first-order valence-corrected chi connectivity index (χ1v) is 12.4. The lowest BCUT2D eigenvalue weighted by molar-refractivity contribution is -0.157. The van der Waals surface area contributed by atoms with Crippen molar-refractivity contribution in [1.29, 1.82) is 0 Å². The molecule has 0 fully saturated rings. The van der Waals surface area contributed by atoms with Crippen molar-refractivity contribution in [3.05, 3.63) is 94.4 Å². The summed E-state index contributed by atoms with van der Waals surface area (Å²) in [7, 11) is 0. The van der Waals surface area contributed by atoms with Gasteiger partial charge in [0.1, 0.15) is 12.4 Å². The minimum absolute atomic E-state index is 0.00360. The third-order valence-corrected chi connectivity index (χ3v) is 7.26. The van der Waals surface area contributed by atoms with Gasteiger partial charge in [-0.2, -0.15) is 0 Å². The third-order valence-electron chi connectivity index (χ3n) is 7.26. The zero-order chi connectivity index (χ0) is 26.1. The molecule has 36 heavy (non-hydrogen) atoms. The molecule has 1 aliphatic carbocycles. The van der Waals surface area contributed by atoms with Crippen LogP contribution in [0, 0.1) is 29.1 Å². The second-order valence-corrected chi connectivity index (χ2v) is 10.1. The molecule has 0 aromatic heterocycles. The second kappa shape index (κ2) is 12.5. The minimum Gasteiger partial charge on any atom is -0.461 e. The summed E-state index contributed by atoms with van der Waals surface area (Å²) in [5, 5.41) is 15.0. The maximum absolute atomic E-state index is 13.7. The second-order valence-electron chi connectivity index (χ2n) is 10.1. The van der Waals surface area contributed by atoms with E-state index in [9.17, 15) is 14.7 Å². The van der Waals surface area contributed by atoms with E-state index in [1.54, 1.807) is 24.3 Å². The van der Waals surface area contributed by atoms with Gasteiger partial charge in [-0.3, -0.25) is 9.59 Å². The number of hydrogen-bond acceptors (Lipinski definition) is 5. The van der Waals surface area contributed by atoms with Crippen molar-refractivity contribution in [1.82, 2.24) is 0 Å². The van der Waals surface area contributed by atoms with E-state index in [1.165, 1.54) is 0 Å². The molecular formula is C29H35N3O4. The van der Waals surface area contributed by atoms with Crippen LogP contribution in [0.1, 0.15) is 50.8 Å². The fourth-order valence-electron chi connectivity index (χ4n) is 5.39. The number of azide groups is 1. The Morgan fingerprint density at radius 2 is 1.81 bits per heavy atom. The summed E-state index contributed by atoms with van der Waals surface area (Å²) in [5.41, 5.74) is 9.80. The van der Waals surface area contributed by atoms with Crippen LogP contribution in [0.2, 0.25) is 0 Å². The molecule has 0 saturated carbocycles. The monoisotopic (exact) mass is 489 g/mol. The Balaban J connectivity index is 1.82. The number of carbonyl (C=O) groups is 2. The van der Waals surface area contributed by atoms with Gasteiger partial charge in [0.15, 0.2) is 0 Å². The molecule has 7 heteroatoms. The molecule has 0 spiro atoms. The van der Waals surface area contributed by atoms with Gasteiger partial charge in [0.25, 0.3) is 0 Å². The van der Waals surface area contributed by atoms with Crippen molar-refractivity contribution in [2.24, 2.45) is 34.2 Å². The van der Waals surface area contributed by atoms with Gasteiger partial charge in [-0.25, -0.2) is 0 Å². The van der Waals surface area contributed by atoms with Crippen LogP contribution in [0.5, 0.6) is 0 Å². The Morgan fingerprint density at radius 3 is 2.44 bits per heavy atom. The van der Waals surface area contributed by atoms with Crippen molar-refractivity contribution in [3.8, 4) is 0 Å². The molecule has 0 radical (unpaired) electrons. The molecule has 2 aromatic rings. The van der Waals surface area contributed by atoms with Crippen LogP contribution >= 0.6 is 0 Å². The van der Waals surface area contributed by atoms with E-state index in [-0.39, 0.29) is 37.2 Å². The van der Waals surface area contributed by atoms with E-state index in [0.717, 1.165) is 5.56 Å². The number of Topliss-reactive ketones (excluding diaryl/α,β-unsaturated/α-hetero) is 1. The fraction of sp³-hybridized carbons (Fsp3) is 0.448. The van der Waals surface area contributed by atoms with Gasteiger partial charge in [-0.15, -0.1) is 0 Å². The van der Waals surface area contributed by atoms with Gasteiger partial charge >= 0.3 is 5.97 Å². The summed E-state index contributed by atoms with van der Waals surface area (Å²) in [6, 6.07) is 18.3. The Labute approximate surface area is 212 Å². The number of nitrogens with zero attached hydrogens (tertiary/aromatic N) is 3. The molecule has 0 saturated heterocycles. The van der Waals surface area contributed by atoms with Crippen LogP contribution < -0.4 is 0 Å². The van der Waals surface area contributed by atoms with Crippen LogP contribution in [-0.4, -0.2) is 23.4 Å². The molecule has 190 valence electrons. The normalized spacial score (nSPS) is 23.7. The SMILES string of the molecule is CC1C=CCC(C)(CN=[N+]=[N-])C1C(=O)CC(C)C(C(=O)OCc1ccccc1)C(O)c1ccccc1.